The van der Waals surface area contributed by atoms with Gasteiger partial charge in [-0.3, -0.25) is 4.55 Å². The van der Waals surface area contributed by atoms with Crippen molar-refractivity contribution < 1.29 is 42.5 Å². The van der Waals surface area contributed by atoms with E-state index >= 15 is 0 Å². The molecule has 3 nitrogen and oxygen atoms in total. The van der Waals surface area contributed by atoms with E-state index in [1.807, 2.05) is 6.92 Å². The Labute approximate surface area is 171 Å². The molecule has 134 valence electrons. The average molecular weight is 365 g/mol. The summed E-state index contributed by atoms with van der Waals surface area (Å²) >= 11 is 0. The Balaban J connectivity index is 0. The van der Waals surface area contributed by atoms with Gasteiger partial charge >= 0.3 is 29.6 Å². The predicted octanol–water partition coefficient (Wildman–Crippen LogP) is 2.99. The Bertz CT molecular complexity index is 474. The van der Waals surface area contributed by atoms with Crippen molar-refractivity contribution in [3.05, 3.63) is 36.8 Å². The van der Waals surface area contributed by atoms with Gasteiger partial charge in [0.05, 0.1) is 4.90 Å². The van der Waals surface area contributed by atoms with Gasteiger partial charge in [0.25, 0.3) is 10.1 Å². The number of hydrogen-bond donors (Lipinski definition) is 1. The number of aryl methyl sites for hydroxylation is 1. The van der Waals surface area contributed by atoms with E-state index in [1.165, 1.54) is 69.9 Å². The Hall–Kier alpha value is 0.130. The van der Waals surface area contributed by atoms with Crippen molar-refractivity contribution in [2.24, 2.45) is 0 Å². The van der Waals surface area contributed by atoms with Crippen molar-refractivity contribution in [3.8, 4) is 0 Å². The Kier molecular flexibility index (Phi) is 18.2. The fourth-order valence-electron chi connectivity index (χ4n) is 2.20. The SMILES string of the molecule is Cc1ccc(S(=O)(=O)O)cc1.[CH2-]CCCCCCCCCCC.[Na+]. The largest absolute Gasteiger partial charge is 1.00 e. The maximum atomic E-state index is 10.5. The van der Waals surface area contributed by atoms with E-state index in [-0.39, 0.29) is 34.5 Å². The van der Waals surface area contributed by atoms with Crippen molar-refractivity contribution in [1.29, 1.82) is 0 Å². The molecule has 1 aromatic carbocycles. The predicted molar refractivity (Wildman–Crippen MR) is 98.2 cm³/mol. The monoisotopic (exact) mass is 364 g/mol. The quantitative estimate of drug-likeness (QED) is 0.301. The molecule has 0 radical (unpaired) electrons. The molecule has 0 aromatic heterocycles. The van der Waals surface area contributed by atoms with E-state index < -0.39 is 10.1 Å². The summed E-state index contributed by atoms with van der Waals surface area (Å²) in [5, 5.41) is 0. The van der Waals surface area contributed by atoms with Crippen LogP contribution in [0.15, 0.2) is 29.2 Å². The van der Waals surface area contributed by atoms with Crippen LogP contribution < -0.4 is 29.6 Å². The van der Waals surface area contributed by atoms with Crippen LogP contribution in [-0.2, 0) is 10.1 Å². The maximum Gasteiger partial charge on any atom is 1.00 e. The molecule has 0 aliphatic heterocycles. The van der Waals surface area contributed by atoms with Gasteiger partial charge < -0.3 is 6.92 Å². The molecular weight excluding hydrogens is 331 g/mol. The van der Waals surface area contributed by atoms with E-state index in [0.717, 1.165) is 12.0 Å². The normalized spacial score (nSPS) is 10.5. The van der Waals surface area contributed by atoms with Crippen molar-refractivity contribution in [2.75, 3.05) is 0 Å². The topological polar surface area (TPSA) is 54.4 Å². The van der Waals surface area contributed by atoms with Gasteiger partial charge in [0, 0.05) is 0 Å². The molecule has 5 heteroatoms. The molecule has 24 heavy (non-hydrogen) atoms. The van der Waals surface area contributed by atoms with Gasteiger partial charge in [-0.25, -0.2) is 0 Å². The summed E-state index contributed by atoms with van der Waals surface area (Å²) in [5.41, 5.74) is 0.956. The zero-order valence-corrected chi connectivity index (χ0v) is 18.6. The molecule has 0 bridgehead atoms. The number of hydrogen-bond acceptors (Lipinski definition) is 2. The van der Waals surface area contributed by atoms with Crippen LogP contribution in [0, 0.1) is 13.8 Å². The Morgan fingerprint density at radius 2 is 1.29 bits per heavy atom. The smallest absolute Gasteiger partial charge is 0.343 e. The molecule has 0 spiro atoms. The Morgan fingerprint density at radius 1 is 0.875 bits per heavy atom. The second-order valence-electron chi connectivity index (χ2n) is 5.97. The van der Waals surface area contributed by atoms with Crippen molar-refractivity contribution in [2.45, 2.75) is 83.0 Å². The minimum absolute atomic E-state index is 0. The molecule has 0 saturated heterocycles. The molecule has 1 N–H and O–H groups in total. The first-order valence-corrected chi connectivity index (χ1v) is 10.2. The average Bonchev–Trinajstić information content (AvgIpc) is 2.50. The van der Waals surface area contributed by atoms with Gasteiger partial charge in [-0.1, -0.05) is 82.4 Å². The summed E-state index contributed by atoms with van der Waals surface area (Å²) in [4.78, 5) is -0.0666. The first-order valence-electron chi connectivity index (χ1n) is 8.75. The standard InChI is InChI=1S/C12H25.C7H8O3S.Na/c1-3-5-7-9-11-12-10-8-6-4-2;1-6-2-4-7(5-3-6)11(8,9)10;/h1,3-12H2,2H3;2-5H,1H3,(H,8,9,10);/q-1;;+1. The van der Waals surface area contributed by atoms with E-state index in [1.54, 1.807) is 12.1 Å². The third kappa shape index (κ3) is 15.6. The fraction of sp³-hybridized carbons (Fsp3) is 0.632. The van der Waals surface area contributed by atoms with Crippen molar-refractivity contribution in [1.82, 2.24) is 0 Å². The molecular formula is C19H33NaO3S. The van der Waals surface area contributed by atoms with Crippen molar-refractivity contribution >= 4 is 10.1 Å². The van der Waals surface area contributed by atoms with Crippen LogP contribution in [0.1, 0.15) is 76.7 Å². The van der Waals surface area contributed by atoms with E-state index in [0.29, 0.717) is 0 Å². The summed E-state index contributed by atoms with van der Waals surface area (Å²) < 4.78 is 29.6. The van der Waals surface area contributed by atoms with E-state index in [2.05, 4.69) is 13.8 Å². The Morgan fingerprint density at radius 3 is 1.67 bits per heavy atom. The van der Waals surface area contributed by atoms with Gasteiger partial charge in [-0.15, -0.1) is 0 Å². The molecule has 0 amide bonds. The van der Waals surface area contributed by atoms with Crippen LogP contribution in [0.5, 0.6) is 0 Å². The zero-order valence-electron chi connectivity index (χ0n) is 15.8. The van der Waals surface area contributed by atoms with Gasteiger partial charge in [-0.2, -0.15) is 14.8 Å². The third-order valence-corrected chi connectivity index (χ3v) is 4.54. The molecule has 0 atom stereocenters. The molecule has 0 heterocycles. The molecule has 0 aliphatic carbocycles. The molecule has 0 saturated carbocycles. The maximum absolute atomic E-state index is 10.5. The summed E-state index contributed by atoms with van der Waals surface area (Å²) in [7, 11) is -4.02. The first kappa shape index (κ1) is 26.4. The number of rotatable bonds is 10. The number of unbranched alkanes of at least 4 members (excludes halogenated alkanes) is 9. The van der Waals surface area contributed by atoms with E-state index in [9.17, 15) is 8.42 Å². The molecule has 0 unspecified atom stereocenters. The minimum Gasteiger partial charge on any atom is -0.343 e. The summed E-state index contributed by atoms with van der Waals surface area (Å²) in [6.07, 6.45) is 13.9. The molecule has 0 aliphatic rings. The summed E-state index contributed by atoms with van der Waals surface area (Å²) in [6, 6.07) is 5.99. The first-order chi connectivity index (χ1) is 10.9. The zero-order chi connectivity index (χ0) is 17.6. The second kappa shape index (κ2) is 16.6. The molecule has 1 aromatic rings. The van der Waals surface area contributed by atoms with E-state index in [4.69, 9.17) is 4.55 Å². The van der Waals surface area contributed by atoms with Crippen LogP contribution in [-0.4, -0.2) is 13.0 Å². The van der Waals surface area contributed by atoms with Crippen LogP contribution >= 0.6 is 0 Å². The molecule has 1 rings (SSSR count). The second-order valence-corrected chi connectivity index (χ2v) is 7.39. The number of benzene rings is 1. The third-order valence-electron chi connectivity index (χ3n) is 3.67. The van der Waals surface area contributed by atoms with Crippen LogP contribution in [0.3, 0.4) is 0 Å². The van der Waals surface area contributed by atoms with Crippen LogP contribution in [0.4, 0.5) is 0 Å². The van der Waals surface area contributed by atoms with Crippen molar-refractivity contribution in [3.63, 3.8) is 0 Å². The van der Waals surface area contributed by atoms with Gasteiger partial charge in [0.2, 0.25) is 0 Å². The minimum atomic E-state index is -4.02. The van der Waals surface area contributed by atoms with Gasteiger partial charge in [0.1, 0.15) is 0 Å². The van der Waals surface area contributed by atoms with Gasteiger partial charge in [0.15, 0.2) is 0 Å². The summed E-state index contributed by atoms with van der Waals surface area (Å²) in [6.45, 7) is 7.96. The summed E-state index contributed by atoms with van der Waals surface area (Å²) in [5.74, 6) is 0. The van der Waals surface area contributed by atoms with Crippen LogP contribution in [0.25, 0.3) is 0 Å². The van der Waals surface area contributed by atoms with Crippen LogP contribution in [0.2, 0.25) is 0 Å². The molecule has 0 fully saturated rings. The van der Waals surface area contributed by atoms with Gasteiger partial charge in [-0.05, 0) is 19.1 Å². The fourth-order valence-corrected chi connectivity index (χ4v) is 2.68.